The Balaban J connectivity index is 2.35. The SMILES string of the molecule is CC1COC(CBr)CN1c1ncccc1C(F)(F)F. The molecule has 19 heavy (non-hydrogen) atoms. The average Bonchev–Trinajstić information content (AvgIpc) is 2.38. The molecule has 1 saturated heterocycles. The summed E-state index contributed by atoms with van der Waals surface area (Å²) in [5.74, 6) is -0.0169. The fourth-order valence-corrected chi connectivity index (χ4v) is 2.44. The van der Waals surface area contributed by atoms with E-state index in [0.717, 1.165) is 6.07 Å². The van der Waals surface area contributed by atoms with E-state index < -0.39 is 11.7 Å². The highest BCUT2D eigenvalue weighted by Gasteiger charge is 2.38. The lowest BCUT2D eigenvalue weighted by Crippen LogP contribution is -2.50. The molecule has 106 valence electrons. The Morgan fingerprint density at radius 3 is 2.89 bits per heavy atom. The molecule has 2 rings (SSSR count). The zero-order valence-electron chi connectivity index (χ0n) is 10.3. The molecule has 2 heterocycles. The van der Waals surface area contributed by atoms with Crippen LogP contribution >= 0.6 is 15.9 Å². The van der Waals surface area contributed by atoms with Crippen molar-refractivity contribution < 1.29 is 17.9 Å². The first-order valence-corrected chi connectivity index (χ1v) is 7.02. The van der Waals surface area contributed by atoms with Crippen LogP contribution in [0.5, 0.6) is 0 Å². The molecule has 0 bridgehead atoms. The van der Waals surface area contributed by atoms with Gasteiger partial charge in [-0.05, 0) is 19.1 Å². The Labute approximate surface area is 117 Å². The van der Waals surface area contributed by atoms with Gasteiger partial charge in [-0.1, -0.05) is 15.9 Å². The summed E-state index contributed by atoms with van der Waals surface area (Å²) in [6.45, 7) is 2.62. The Bertz CT molecular complexity index is 441. The van der Waals surface area contributed by atoms with Gasteiger partial charge in [0, 0.05) is 18.1 Å². The van der Waals surface area contributed by atoms with Crippen LogP contribution in [0.2, 0.25) is 0 Å². The minimum atomic E-state index is -4.40. The first-order chi connectivity index (χ1) is 8.93. The number of morpholine rings is 1. The van der Waals surface area contributed by atoms with Crippen LogP contribution < -0.4 is 4.90 Å². The molecule has 0 aliphatic carbocycles. The Morgan fingerprint density at radius 1 is 1.53 bits per heavy atom. The zero-order chi connectivity index (χ0) is 14.0. The van der Waals surface area contributed by atoms with Crippen molar-refractivity contribution in [2.24, 2.45) is 0 Å². The lowest BCUT2D eigenvalue weighted by atomic mass is 10.1. The Morgan fingerprint density at radius 2 is 2.26 bits per heavy atom. The topological polar surface area (TPSA) is 25.4 Å². The maximum absolute atomic E-state index is 13.0. The predicted molar refractivity (Wildman–Crippen MR) is 69.6 cm³/mol. The Hall–Kier alpha value is -0.820. The van der Waals surface area contributed by atoms with Crippen molar-refractivity contribution in [3.05, 3.63) is 23.9 Å². The van der Waals surface area contributed by atoms with E-state index in [1.165, 1.54) is 12.3 Å². The fraction of sp³-hybridized carbons (Fsp3) is 0.583. The predicted octanol–water partition coefficient (Wildman–Crippen LogP) is 3.09. The summed E-state index contributed by atoms with van der Waals surface area (Å²) in [6.07, 6.45) is -3.14. The molecule has 1 aliphatic rings. The van der Waals surface area contributed by atoms with Gasteiger partial charge in [0.25, 0.3) is 0 Å². The van der Waals surface area contributed by atoms with Crippen LogP contribution in [0.25, 0.3) is 0 Å². The van der Waals surface area contributed by atoms with Gasteiger partial charge in [0.05, 0.1) is 24.3 Å². The lowest BCUT2D eigenvalue weighted by Gasteiger charge is -2.39. The number of ether oxygens (including phenoxy) is 1. The van der Waals surface area contributed by atoms with Crippen molar-refractivity contribution in [3.63, 3.8) is 0 Å². The summed E-state index contributed by atoms with van der Waals surface area (Å²) in [6, 6.07) is 2.24. The third-order valence-corrected chi connectivity index (χ3v) is 3.76. The van der Waals surface area contributed by atoms with Gasteiger partial charge in [0.1, 0.15) is 5.82 Å². The van der Waals surface area contributed by atoms with Crippen LogP contribution in [-0.4, -0.2) is 35.6 Å². The molecule has 2 atom stereocenters. The number of alkyl halides is 4. The molecule has 3 nitrogen and oxygen atoms in total. The minimum absolute atomic E-state index is 0.0169. The first-order valence-electron chi connectivity index (χ1n) is 5.90. The van der Waals surface area contributed by atoms with Gasteiger partial charge in [-0.2, -0.15) is 13.2 Å². The van der Waals surface area contributed by atoms with Crippen molar-refractivity contribution in [3.8, 4) is 0 Å². The van der Waals surface area contributed by atoms with Gasteiger partial charge in [0.2, 0.25) is 0 Å². The van der Waals surface area contributed by atoms with E-state index in [-0.39, 0.29) is 18.0 Å². The lowest BCUT2D eigenvalue weighted by molar-refractivity contribution is -0.137. The van der Waals surface area contributed by atoms with E-state index in [0.29, 0.717) is 18.5 Å². The molecular formula is C12H14BrF3N2O. The maximum Gasteiger partial charge on any atom is 0.419 e. The van der Waals surface area contributed by atoms with Crippen LogP contribution in [0.15, 0.2) is 18.3 Å². The van der Waals surface area contributed by atoms with Crippen LogP contribution in [0, 0.1) is 0 Å². The molecule has 1 aromatic heterocycles. The quantitative estimate of drug-likeness (QED) is 0.775. The normalized spacial score (nSPS) is 24.6. The molecular weight excluding hydrogens is 325 g/mol. The van der Waals surface area contributed by atoms with E-state index in [1.807, 2.05) is 6.92 Å². The van der Waals surface area contributed by atoms with Crippen molar-refractivity contribution in [1.82, 2.24) is 4.98 Å². The van der Waals surface area contributed by atoms with Crippen molar-refractivity contribution in [1.29, 1.82) is 0 Å². The van der Waals surface area contributed by atoms with E-state index >= 15 is 0 Å². The monoisotopic (exact) mass is 338 g/mol. The molecule has 1 fully saturated rings. The zero-order valence-corrected chi connectivity index (χ0v) is 11.9. The molecule has 0 amide bonds. The maximum atomic E-state index is 13.0. The summed E-state index contributed by atoms with van der Waals surface area (Å²) in [4.78, 5) is 5.59. The second-order valence-electron chi connectivity index (χ2n) is 4.48. The molecule has 7 heteroatoms. The second-order valence-corrected chi connectivity index (χ2v) is 5.13. The molecule has 0 saturated carbocycles. The number of nitrogens with zero attached hydrogens (tertiary/aromatic N) is 2. The van der Waals surface area contributed by atoms with E-state index in [4.69, 9.17) is 4.74 Å². The summed E-state index contributed by atoms with van der Waals surface area (Å²) < 4.78 is 44.5. The van der Waals surface area contributed by atoms with Crippen LogP contribution in [-0.2, 0) is 10.9 Å². The van der Waals surface area contributed by atoms with Crippen molar-refractivity contribution in [2.45, 2.75) is 25.2 Å². The van der Waals surface area contributed by atoms with E-state index in [1.54, 1.807) is 4.90 Å². The number of anilines is 1. The van der Waals surface area contributed by atoms with Crippen LogP contribution in [0.1, 0.15) is 12.5 Å². The minimum Gasteiger partial charge on any atom is -0.373 e. The molecule has 0 aromatic carbocycles. The van der Waals surface area contributed by atoms with Gasteiger partial charge >= 0.3 is 6.18 Å². The van der Waals surface area contributed by atoms with Crippen molar-refractivity contribution >= 4 is 21.7 Å². The third kappa shape index (κ3) is 3.20. The van der Waals surface area contributed by atoms with Gasteiger partial charge in [-0.3, -0.25) is 0 Å². The van der Waals surface area contributed by atoms with Gasteiger partial charge < -0.3 is 9.64 Å². The van der Waals surface area contributed by atoms with Crippen LogP contribution in [0.3, 0.4) is 0 Å². The summed E-state index contributed by atoms with van der Waals surface area (Å²) in [5, 5.41) is 0.588. The standard InChI is InChI=1S/C12H14BrF3N2O/c1-8-7-19-9(5-13)6-18(8)11-10(12(14,15)16)3-2-4-17-11/h2-4,8-9H,5-7H2,1H3. The number of pyridine rings is 1. The highest BCUT2D eigenvalue weighted by atomic mass is 79.9. The number of rotatable bonds is 2. The molecule has 2 unspecified atom stereocenters. The van der Waals surface area contributed by atoms with Crippen molar-refractivity contribution in [2.75, 3.05) is 23.4 Å². The highest BCUT2D eigenvalue weighted by Crippen LogP contribution is 2.36. The van der Waals surface area contributed by atoms with Gasteiger partial charge in [-0.15, -0.1) is 0 Å². The summed E-state index contributed by atoms with van der Waals surface area (Å²) in [7, 11) is 0. The fourth-order valence-electron chi connectivity index (χ4n) is 2.05. The molecule has 1 aliphatic heterocycles. The molecule has 1 aromatic rings. The largest absolute Gasteiger partial charge is 0.419 e. The van der Waals surface area contributed by atoms with Gasteiger partial charge in [-0.25, -0.2) is 4.98 Å². The average molecular weight is 339 g/mol. The van der Waals surface area contributed by atoms with Gasteiger partial charge in [0.15, 0.2) is 0 Å². The summed E-state index contributed by atoms with van der Waals surface area (Å²) in [5.41, 5.74) is -0.697. The van der Waals surface area contributed by atoms with E-state index in [2.05, 4.69) is 20.9 Å². The smallest absolute Gasteiger partial charge is 0.373 e. The first kappa shape index (κ1) is 14.6. The Kier molecular flexibility index (Phi) is 4.35. The number of hydrogen-bond donors (Lipinski definition) is 0. The van der Waals surface area contributed by atoms with E-state index in [9.17, 15) is 13.2 Å². The number of halogens is 4. The second kappa shape index (κ2) is 5.66. The molecule has 0 N–H and O–H groups in total. The highest BCUT2D eigenvalue weighted by molar-refractivity contribution is 9.09. The van der Waals surface area contributed by atoms with Crippen LogP contribution in [0.4, 0.5) is 19.0 Å². The number of aromatic nitrogens is 1. The number of hydrogen-bond acceptors (Lipinski definition) is 3. The summed E-state index contributed by atoms with van der Waals surface area (Å²) >= 11 is 3.29. The molecule has 0 radical (unpaired) electrons. The molecule has 0 spiro atoms. The third-order valence-electron chi connectivity index (χ3n) is 3.04.